The first-order valence-electron chi connectivity index (χ1n) is 6.60. The van der Waals surface area contributed by atoms with Crippen molar-refractivity contribution in [3.8, 4) is 0 Å². The molecule has 1 aromatic rings. The van der Waals surface area contributed by atoms with Crippen molar-refractivity contribution < 1.29 is 14.3 Å². The molecule has 1 unspecified atom stereocenters. The van der Waals surface area contributed by atoms with Gasteiger partial charge in [-0.25, -0.2) is 14.8 Å². The smallest absolute Gasteiger partial charge is 0.343 e. The van der Waals surface area contributed by atoms with Crippen molar-refractivity contribution >= 4 is 11.8 Å². The van der Waals surface area contributed by atoms with Gasteiger partial charge in [0.15, 0.2) is 0 Å². The Balaban J connectivity index is 2.03. The van der Waals surface area contributed by atoms with Crippen molar-refractivity contribution in [3.05, 3.63) is 17.6 Å². The van der Waals surface area contributed by atoms with Crippen LogP contribution in [0.5, 0.6) is 0 Å². The largest absolute Gasteiger partial charge is 0.462 e. The number of carbonyl (C=O) groups is 1. The van der Waals surface area contributed by atoms with Crippen molar-refractivity contribution in [1.29, 1.82) is 0 Å². The number of hydrogen-bond donors (Lipinski definition) is 1. The lowest BCUT2D eigenvalue weighted by Gasteiger charge is -2.21. The summed E-state index contributed by atoms with van der Waals surface area (Å²) in [7, 11) is 0. The molecule has 1 saturated heterocycles. The van der Waals surface area contributed by atoms with E-state index in [9.17, 15) is 4.79 Å². The third-order valence-corrected chi connectivity index (χ3v) is 3.05. The predicted molar refractivity (Wildman–Crippen MR) is 69.7 cm³/mol. The van der Waals surface area contributed by atoms with Gasteiger partial charge in [0, 0.05) is 19.2 Å². The van der Waals surface area contributed by atoms with E-state index in [-0.39, 0.29) is 17.5 Å². The molecule has 0 saturated carbocycles. The summed E-state index contributed by atoms with van der Waals surface area (Å²) in [5.74, 6) is 0.289. The fourth-order valence-corrected chi connectivity index (χ4v) is 2.07. The van der Waals surface area contributed by atoms with Crippen LogP contribution < -0.4 is 5.73 Å². The molecule has 0 amide bonds. The molecule has 6 nitrogen and oxygen atoms in total. The van der Waals surface area contributed by atoms with Crippen LogP contribution in [0.3, 0.4) is 0 Å². The quantitative estimate of drug-likeness (QED) is 0.827. The summed E-state index contributed by atoms with van der Waals surface area (Å²) in [6.45, 7) is 2.83. The highest BCUT2D eigenvalue weighted by atomic mass is 16.5. The van der Waals surface area contributed by atoms with E-state index in [1.165, 1.54) is 12.6 Å². The van der Waals surface area contributed by atoms with Crippen LogP contribution in [0, 0.1) is 0 Å². The highest BCUT2D eigenvalue weighted by Crippen LogP contribution is 2.17. The van der Waals surface area contributed by atoms with E-state index in [0.717, 1.165) is 19.4 Å². The number of carbonyl (C=O) groups excluding carboxylic acids is 1. The third-order valence-electron chi connectivity index (χ3n) is 3.05. The SMILES string of the molecule is CCOC(=O)c1cnc(CC2CCCCO2)nc1N. The van der Waals surface area contributed by atoms with Crippen molar-refractivity contribution in [1.82, 2.24) is 9.97 Å². The zero-order valence-electron chi connectivity index (χ0n) is 11.1. The van der Waals surface area contributed by atoms with Gasteiger partial charge in [0.1, 0.15) is 17.2 Å². The van der Waals surface area contributed by atoms with Crippen LogP contribution in [0.1, 0.15) is 42.4 Å². The number of hydrogen-bond acceptors (Lipinski definition) is 6. The lowest BCUT2D eigenvalue weighted by molar-refractivity contribution is 0.0156. The Bertz CT molecular complexity index is 445. The van der Waals surface area contributed by atoms with Crippen LogP contribution in [-0.4, -0.2) is 35.3 Å². The van der Waals surface area contributed by atoms with Gasteiger partial charge in [-0.1, -0.05) is 0 Å². The number of nitrogens with two attached hydrogens (primary N) is 1. The molecule has 0 bridgehead atoms. The molecule has 0 aromatic carbocycles. The van der Waals surface area contributed by atoms with Gasteiger partial charge < -0.3 is 15.2 Å². The Morgan fingerprint density at radius 1 is 1.58 bits per heavy atom. The first-order valence-corrected chi connectivity index (χ1v) is 6.60. The van der Waals surface area contributed by atoms with E-state index >= 15 is 0 Å². The molecule has 2 rings (SSSR count). The Labute approximate surface area is 112 Å². The molecule has 1 aliphatic rings. The highest BCUT2D eigenvalue weighted by molar-refractivity contribution is 5.93. The molecule has 104 valence electrons. The van der Waals surface area contributed by atoms with Crippen molar-refractivity contribution in [2.45, 2.75) is 38.7 Å². The lowest BCUT2D eigenvalue weighted by atomic mass is 10.1. The average molecular weight is 265 g/mol. The van der Waals surface area contributed by atoms with Gasteiger partial charge in [0.05, 0.1) is 12.7 Å². The number of anilines is 1. The second-order valence-corrected chi connectivity index (χ2v) is 4.50. The number of esters is 1. The molecule has 1 aromatic heterocycles. The summed E-state index contributed by atoms with van der Waals surface area (Å²) in [5.41, 5.74) is 5.98. The van der Waals surface area contributed by atoms with Crippen LogP contribution in [0.2, 0.25) is 0 Å². The van der Waals surface area contributed by atoms with Gasteiger partial charge in [-0.2, -0.15) is 0 Å². The predicted octanol–water partition coefficient (Wildman–Crippen LogP) is 1.35. The molecule has 2 N–H and O–H groups in total. The minimum absolute atomic E-state index is 0.154. The maximum Gasteiger partial charge on any atom is 0.343 e. The van der Waals surface area contributed by atoms with E-state index < -0.39 is 5.97 Å². The topological polar surface area (TPSA) is 87.3 Å². The number of ether oxygens (including phenoxy) is 2. The van der Waals surface area contributed by atoms with E-state index in [0.29, 0.717) is 18.9 Å². The Kier molecular flexibility index (Phi) is 4.68. The maximum atomic E-state index is 11.6. The van der Waals surface area contributed by atoms with E-state index in [4.69, 9.17) is 15.2 Å². The van der Waals surface area contributed by atoms with Gasteiger partial charge in [-0.3, -0.25) is 0 Å². The van der Waals surface area contributed by atoms with Crippen molar-refractivity contribution in [2.24, 2.45) is 0 Å². The fourth-order valence-electron chi connectivity index (χ4n) is 2.07. The molecule has 19 heavy (non-hydrogen) atoms. The Morgan fingerprint density at radius 2 is 2.42 bits per heavy atom. The molecule has 0 aliphatic carbocycles. The normalized spacial score (nSPS) is 19.1. The monoisotopic (exact) mass is 265 g/mol. The molecule has 1 atom stereocenters. The number of nitrogens with zero attached hydrogens (tertiary/aromatic N) is 2. The summed E-state index contributed by atoms with van der Waals surface area (Å²) in [6.07, 6.45) is 5.51. The zero-order valence-corrected chi connectivity index (χ0v) is 11.1. The number of rotatable bonds is 4. The van der Waals surface area contributed by atoms with Gasteiger partial charge in [-0.15, -0.1) is 0 Å². The van der Waals surface area contributed by atoms with Crippen molar-refractivity contribution in [3.63, 3.8) is 0 Å². The minimum atomic E-state index is -0.486. The average Bonchev–Trinajstić information content (AvgIpc) is 2.40. The van der Waals surface area contributed by atoms with E-state index in [1.807, 2.05) is 0 Å². The van der Waals surface area contributed by atoms with E-state index in [1.54, 1.807) is 6.92 Å². The van der Waals surface area contributed by atoms with Crippen LogP contribution in [0.15, 0.2) is 6.20 Å². The highest BCUT2D eigenvalue weighted by Gasteiger charge is 2.18. The first-order chi connectivity index (χ1) is 9.20. The molecule has 0 spiro atoms. The minimum Gasteiger partial charge on any atom is -0.462 e. The van der Waals surface area contributed by atoms with Crippen LogP contribution >= 0.6 is 0 Å². The molecule has 6 heteroatoms. The Morgan fingerprint density at radius 3 is 3.05 bits per heavy atom. The molecule has 1 aliphatic heterocycles. The fraction of sp³-hybridized carbons (Fsp3) is 0.615. The summed E-state index contributed by atoms with van der Waals surface area (Å²) in [6, 6.07) is 0. The second kappa shape index (κ2) is 6.47. The van der Waals surface area contributed by atoms with Gasteiger partial charge in [-0.05, 0) is 26.2 Å². The van der Waals surface area contributed by atoms with Gasteiger partial charge in [0.2, 0.25) is 0 Å². The van der Waals surface area contributed by atoms with Crippen LogP contribution in [0.25, 0.3) is 0 Å². The second-order valence-electron chi connectivity index (χ2n) is 4.50. The van der Waals surface area contributed by atoms with Crippen molar-refractivity contribution in [2.75, 3.05) is 18.9 Å². The first kappa shape index (κ1) is 13.7. The van der Waals surface area contributed by atoms with Crippen LogP contribution in [0.4, 0.5) is 5.82 Å². The Hall–Kier alpha value is -1.69. The molecular formula is C13H19N3O3. The number of nitrogen functional groups attached to an aromatic ring is 1. The molecule has 1 fully saturated rings. The van der Waals surface area contributed by atoms with Gasteiger partial charge in [0.25, 0.3) is 0 Å². The molecular weight excluding hydrogens is 246 g/mol. The third kappa shape index (κ3) is 3.64. The zero-order chi connectivity index (χ0) is 13.7. The summed E-state index contributed by atoms with van der Waals surface area (Å²) in [4.78, 5) is 19.9. The summed E-state index contributed by atoms with van der Waals surface area (Å²) >= 11 is 0. The van der Waals surface area contributed by atoms with Crippen LogP contribution in [-0.2, 0) is 15.9 Å². The van der Waals surface area contributed by atoms with Gasteiger partial charge >= 0.3 is 5.97 Å². The summed E-state index contributed by atoms with van der Waals surface area (Å²) in [5, 5.41) is 0. The maximum absolute atomic E-state index is 11.6. The molecule has 2 heterocycles. The molecule has 0 radical (unpaired) electrons. The van der Waals surface area contributed by atoms with E-state index in [2.05, 4.69) is 9.97 Å². The number of aromatic nitrogens is 2. The lowest BCUT2D eigenvalue weighted by Crippen LogP contribution is -2.23. The standard InChI is InChI=1S/C13H19N3O3/c1-2-18-13(17)10-8-15-11(16-12(10)14)7-9-5-3-4-6-19-9/h8-9H,2-7H2,1H3,(H2,14,15,16). The summed E-state index contributed by atoms with van der Waals surface area (Å²) < 4.78 is 10.5.